The van der Waals surface area contributed by atoms with Crippen molar-refractivity contribution in [2.75, 3.05) is 25.6 Å². The second-order valence-corrected chi connectivity index (χ2v) is 6.13. The third-order valence-electron chi connectivity index (χ3n) is 4.38. The average molecular weight is 343 g/mol. The quantitative estimate of drug-likeness (QED) is 0.841. The maximum Gasteiger partial charge on any atom is 0.252 e. The second-order valence-electron chi connectivity index (χ2n) is 6.13. The van der Waals surface area contributed by atoms with Crippen LogP contribution in [0.25, 0.3) is 10.8 Å². The number of hydrogen-bond donors (Lipinski definition) is 1. The van der Waals surface area contributed by atoms with E-state index >= 15 is 0 Å². The van der Waals surface area contributed by atoms with Crippen molar-refractivity contribution >= 4 is 34.2 Å². The first kappa shape index (κ1) is 17.2. The number of nitrogens with zero attached hydrogens (tertiary/aromatic N) is 2. The molecule has 3 rings (SSSR count). The van der Waals surface area contributed by atoms with Crippen molar-refractivity contribution in [1.29, 1.82) is 0 Å². The molecule has 1 aromatic carbocycles. The van der Waals surface area contributed by atoms with Gasteiger partial charge in [0.1, 0.15) is 6.04 Å². The zero-order valence-corrected chi connectivity index (χ0v) is 14.3. The number of nitrogens with one attached hydrogen (secondary N) is 1. The molecular weight excluding hydrogens is 322 g/mol. The van der Waals surface area contributed by atoms with E-state index in [0.717, 1.165) is 10.8 Å². The molecule has 0 radical (unpaired) electrons. The molecule has 2 aromatic rings. The molecule has 1 aliphatic rings. The minimum absolute atomic E-state index is 0.148. The van der Waals surface area contributed by atoms with Gasteiger partial charge in [-0.1, -0.05) is 12.1 Å². The third-order valence-corrected chi connectivity index (χ3v) is 4.38. The molecule has 0 spiro atoms. The van der Waals surface area contributed by atoms with Gasteiger partial charge in [0.15, 0.2) is 0 Å². The Balaban J connectivity index is 1.91. The van der Waals surface area contributed by atoms with E-state index in [4.69, 9.17) is 4.74 Å². The molecule has 0 saturated carbocycles. The first-order valence-corrected chi connectivity index (χ1v) is 8.22. The highest BCUT2D eigenvalue weighted by Crippen LogP contribution is 2.30. The van der Waals surface area contributed by atoms with Gasteiger partial charge in [-0.15, -0.1) is 0 Å². The summed E-state index contributed by atoms with van der Waals surface area (Å²) in [5, 5.41) is 4.60. The van der Waals surface area contributed by atoms with Gasteiger partial charge < -0.3 is 14.6 Å². The Bertz CT molecular complexity index is 827. The number of methoxy groups -OCH3 is 1. The van der Waals surface area contributed by atoms with E-state index in [1.807, 2.05) is 35.2 Å². The third kappa shape index (κ3) is 3.41. The van der Waals surface area contributed by atoms with Crippen LogP contribution in [0.3, 0.4) is 0 Å². The van der Waals surface area contributed by atoms with Crippen molar-refractivity contribution in [3.8, 4) is 0 Å². The highest BCUT2D eigenvalue weighted by Gasteiger charge is 2.35. The SMILES string of the molecule is COCCN1C(=O)CCC(n2cc3cccc(NC(C)=O)c3c2)C1=O. The molecule has 0 aliphatic carbocycles. The van der Waals surface area contributed by atoms with Crippen molar-refractivity contribution in [2.24, 2.45) is 0 Å². The van der Waals surface area contributed by atoms with E-state index in [2.05, 4.69) is 5.32 Å². The lowest BCUT2D eigenvalue weighted by Gasteiger charge is -2.31. The molecule has 1 saturated heterocycles. The van der Waals surface area contributed by atoms with E-state index in [0.29, 0.717) is 25.1 Å². The van der Waals surface area contributed by atoms with E-state index in [1.165, 1.54) is 11.8 Å². The standard InChI is InChI=1S/C18H21N3O4/c1-12(22)19-15-5-3-4-13-10-20(11-14(13)15)16-6-7-17(23)21(18(16)24)8-9-25-2/h3-5,10-11,16H,6-9H2,1-2H3,(H,19,22). The van der Waals surface area contributed by atoms with Crippen molar-refractivity contribution < 1.29 is 19.1 Å². The summed E-state index contributed by atoms with van der Waals surface area (Å²) in [5.41, 5.74) is 0.708. The lowest BCUT2D eigenvalue weighted by molar-refractivity contribution is -0.151. The van der Waals surface area contributed by atoms with Gasteiger partial charge in [0, 0.05) is 43.6 Å². The van der Waals surface area contributed by atoms with E-state index in [-0.39, 0.29) is 24.3 Å². The van der Waals surface area contributed by atoms with Gasteiger partial charge in [-0.25, -0.2) is 0 Å². The summed E-state index contributed by atoms with van der Waals surface area (Å²) in [6.45, 7) is 2.05. The first-order valence-electron chi connectivity index (χ1n) is 8.22. The predicted molar refractivity (Wildman–Crippen MR) is 93.1 cm³/mol. The van der Waals surface area contributed by atoms with Crippen LogP contribution >= 0.6 is 0 Å². The van der Waals surface area contributed by atoms with Crippen LogP contribution in [0.1, 0.15) is 25.8 Å². The van der Waals surface area contributed by atoms with Gasteiger partial charge in [0.25, 0.3) is 5.91 Å². The summed E-state index contributed by atoms with van der Waals surface area (Å²) in [5.74, 6) is -0.519. The fourth-order valence-electron chi connectivity index (χ4n) is 3.18. The Hall–Kier alpha value is -2.67. The molecule has 1 unspecified atom stereocenters. The summed E-state index contributed by atoms with van der Waals surface area (Å²) in [7, 11) is 1.54. The largest absolute Gasteiger partial charge is 0.383 e. The Morgan fingerprint density at radius 1 is 1.32 bits per heavy atom. The number of piperidine rings is 1. The van der Waals surface area contributed by atoms with Crippen LogP contribution in [0.4, 0.5) is 5.69 Å². The highest BCUT2D eigenvalue weighted by atomic mass is 16.5. The topological polar surface area (TPSA) is 80.6 Å². The Labute approximate surface area is 145 Å². The van der Waals surface area contributed by atoms with Crippen LogP contribution in [0.15, 0.2) is 30.6 Å². The van der Waals surface area contributed by atoms with Gasteiger partial charge in [-0.05, 0) is 12.5 Å². The lowest BCUT2D eigenvalue weighted by atomic mass is 10.0. The van der Waals surface area contributed by atoms with Crippen molar-refractivity contribution in [3.63, 3.8) is 0 Å². The zero-order valence-electron chi connectivity index (χ0n) is 14.3. The molecule has 1 N–H and O–H groups in total. The molecule has 132 valence electrons. The molecule has 1 atom stereocenters. The monoisotopic (exact) mass is 343 g/mol. The summed E-state index contributed by atoms with van der Waals surface area (Å²) in [4.78, 5) is 37.4. The number of likely N-dealkylation sites (tertiary alicyclic amines) is 1. The van der Waals surface area contributed by atoms with Crippen LogP contribution in [-0.2, 0) is 19.1 Å². The molecule has 2 heterocycles. The summed E-state index contributed by atoms with van der Waals surface area (Å²) < 4.78 is 6.83. The fourth-order valence-corrected chi connectivity index (χ4v) is 3.18. The molecule has 1 aromatic heterocycles. The van der Waals surface area contributed by atoms with Gasteiger partial charge >= 0.3 is 0 Å². The number of aromatic nitrogens is 1. The molecule has 1 fully saturated rings. The molecular formula is C18H21N3O4. The highest BCUT2D eigenvalue weighted by molar-refractivity contribution is 6.02. The lowest BCUT2D eigenvalue weighted by Crippen LogP contribution is -2.46. The van der Waals surface area contributed by atoms with Gasteiger partial charge in [0.2, 0.25) is 11.8 Å². The molecule has 7 nitrogen and oxygen atoms in total. The Morgan fingerprint density at radius 3 is 2.84 bits per heavy atom. The van der Waals surface area contributed by atoms with Crippen LogP contribution < -0.4 is 5.32 Å². The molecule has 0 bridgehead atoms. The van der Waals surface area contributed by atoms with E-state index in [9.17, 15) is 14.4 Å². The van der Waals surface area contributed by atoms with Crippen molar-refractivity contribution in [3.05, 3.63) is 30.6 Å². The number of carbonyl (C=O) groups excluding carboxylic acids is 3. The Kier molecular flexibility index (Phi) is 4.85. The van der Waals surface area contributed by atoms with Crippen LogP contribution in [0.2, 0.25) is 0 Å². The average Bonchev–Trinajstić information content (AvgIpc) is 2.99. The smallest absolute Gasteiger partial charge is 0.252 e. The number of benzene rings is 1. The first-order chi connectivity index (χ1) is 12.0. The number of anilines is 1. The number of ether oxygens (including phenoxy) is 1. The van der Waals surface area contributed by atoms with Crippen molar-refractivity contribution in [2.45, 2.75) is 25.8 Å². The fraction of sp³-hybridized carbons (Fsp3) is 0.389. The minimum atomic E-state index is -0.424. The summed E-state index contributed by atoms with van der Waals surface area (Å²) in [6, 6.07) is 5.19. The van der Waals surface area contributed by atoms with E-state index < -0.39 is 6.04 Å². The minimum Gasteiger partial charge on any atom is -0.383 e. The zero-order chi connectivity index (χ0) is 18.0. The number of rotatable bonds is 5. The number of hydrogen-bond acceptors (Lipinski definition) is 4. The number of carbonyl (C=O) groups is 3. The predicted octanol–water partition coefficient (Wildman–Crippen LogP) is 1.94. The van der Waals surface area contributed by atoms with Gasteiger partial charge in [-0.2, -0.15) is 0 Å². The maximum atomic E-state index is 12.7. The maximum absolute atomic E-state index is 12.7. The van der Waals surface area contributed by atoms with Gasteiger partial charge in [0.05, 0.1) is 18.8 Å². The van der Waals surface area contributed by atoms with Crippen LogP contribution in [-0.4, -0.2) is 47.4 Å². The van der Waals surface area contributed by atoms with Crippen molar-refractivity contribution in [1.82, 2.24) is 9.47 Å². The summed E-state index contributed by atoms with van der Waals surface area (Å²) >= 11 is 0. The van der Waals surface area contributed by atoms with Gasteiger partial charge in [-0.3, -0.25) is 19.3 Å². The second kappa shape index (κ2) is 7.06. The van der Waals surface area contributed by atoms with Crippen LogP contribution in [0.5, 0.6) is 0 Å². The normalized spacial score (nSPS) is 18.0. The molecule has 25 heavy (non-hydrogen) atoms. The number of imide groups is 1. The number of amides is 3. The molecule has 7 heteroatoms. The van der Waals surface area contributed by atoms with E-state index in [1.54, 1.807) is 7.11 Å². The van der Waals surface area contributed by atoms with Crippen LogP contribution in [0, 0.1) is 0 Å². The molecule has 3 amide bonds. The molecule has 1 aliphatic heterocycles. The summed E-state index contributed by atoms with van der Waals surface area (Å²) in [6.07, 6.45) is 4.53. The number of fused-ring (bicyclic) bond motifs is 1. The Morgan fingerprint density at radius 2 is 2.12 bits per heavy atom.